The number of primary amides is 1. The summed E-state index contributed by atoms with van der Waals surface area (Å²) in [6, 6.07) is 13.3. The average Bonchev–Trinajstić information content (AvgIpc) is 2.49. The molecule has 0 aliphatic carbocycles. The number of nitrogens with two attached hydrogens (primary N) is 1. The van der Waals surface area contributed by atoms with Crippen molar-refractivity contribution in [3.8, 4) is 0 Å². The molecule has 0 fully saturated rings. The number of hydrogen-bond acceptors (Lipinski definition) is 3. The van der Waals surface area contributed by atoms with Gasteiger partial charge < -0.3 is 16.2 Å². The molecule has 2 aromatic rings. The highest BCUT2D eigenvalue weighted by Crippen LogP contribution is 2.13. The van der Waals surface area contributed by atoms with Gasteiger partial charge in [-0.3, -0.25) is 4.79 Å². The minimum atomic E-state index is -0.659. The molecule has 4 nitrogen and oxygen atoms in total. The van der Waals surface area contributed by atoms with Crippen LogP contribution in [0.25, 0.3) is 0 Å². The standard InChI is InChI=1S/C16H17FN2O2/c17-14-8-12(16(18)21)6-7-13(14)9-19-10-15(20)11-4-2-1-3-5-11/h1-8,15,19-20H,9-10H2,(H2,18,21). The summed E-state index contributed by atoms with van der Waals surface area (Å²) in [4.78, 5) is 10.9. The number of amides is 1. The second-order valence-corrected chi connectivity index (χ2v) is 4.73. The molecule has 0 saturated heterocycles. The van der Waals surface area contributed by atoms with Gasteiger partial charge in [-0.05, 0) is 17.7 Å². The van der Waals surface area contributed by atoms with Crippen LogP contribution in [-0.4, -0.2) is 17.6 Å². The first-order valence-electron chi connectivity index (χ1n) is 6.60. The van der Waals surface area contributed by atoms with Crippen molar-refractivity contribution in [3.05, 3.63) is 71.0 Å². The Kier molecular flexibility index (Phi) is 5.03. The van der Waals surface area contributed by atoms with Crippen LogP contribution in [0, 0.1) is 5.82 Å². The summed E-state index contributed by atoms with van der Waals surface area (Å²) >= 11 is 0. The number of nitrogens with one attached hydrogen (secondary N) is 1. The molecule has 4 N–H and O–H groups in total. The highest BCUT2D eigenvalue weighted by molar-refractivity contribution is 5.92. The Hall–Kier alpha value is -2.24. The average molecular weight is 288 g/mol. The molecule has 0 radical (unpaired) electrons. The lowest BCUT2D eigenvalue weighted by Gasteiger charge is -2.12. The Morgan fingerprint density at radius 1 is 1.24 bits per heavy atom. The Morgan fingerprint density at radius 2 is 1.95 bits per heavy atom. The highest BCUT2D eigenvalue weighted by Gasteiger charge is 2.09. The molecule has 2 aromatic carbocycles. The molecule has 1 atom stereocenters. The van der Waals surface area contributed by atoms with Crippen LogP contribution in [0.15, 0.2) is 48.5 Å². The first-order chi connectivity index (χ1) is 10.1. The van der Waals surface area contributed by atoms with E-state index in [1.54, 1.807) is 0 Å². The molecule has 0 spiro atoms. The smallest absolute Gasteiger partial charge is 0.248 e. The van der Waals surface area contributed by atoms with E-state index in [0.717, 1.165) is 11.6 Å². The molecule has 0 bridgehead atoms. The minimum Gasteiger partial charge on any atom is -0.387 e. The third-order valence-electron chi connectivity index (χ3n) is 3.18. The van der Waals surface area contributed by atoms with Crippen LogP contribution in [-0.2, 0) is 6.54 Å². The first-order valence-corrected chi connectivity index (χ1v) is 6.60. The molecule has 0 aliphatic rings. The molecule has 0 heterocycles. The van der Waals surface area contributed by atoms with Crippen LogP contribution < -0.4 is 11.1 Å². The summed E-state index contributed by atoms with van der Waals surface area (Å²) in [6.45, 7) is 0.565. The fraction of sp³-hybridized carbons (Fsp3) is 0.188. The number of carbonyl (C=O) groups is 1. The van der Waals surface area contributed by atoms with Crippen molar-refractivity contribution in [2.24, 2.45) is 5.73 Å². The normalized spacial score (nSPS) is 12.1. The molecule has 2 rings (SSSR count). The zero-order valence-corrected chi connectivity index (χ0v) is 11.4. The van der Waals surface area contributed by atoms with Crippen LogP contribution >= 0.6 is 0 Å². The number of hydrogen-bond donors (Lipinski definition) is 3. The van der Waals surface area contributed by atoms with Crippen molar-refractivity contribution >= 4 is 5.91 Å². The van der Waals surface area contributed by atoms with Crippen molar-refractivity contribution in [1.82, 2.24) is 5.32 Å². The summed E-state index contributed by atoms with van der Waals surface area (Å²) in [5.41, 5.74) is 6.44. The third-order valence-corrected chi connectivity index (χ3v) is 3.18. The molecule has 0 aromatic heterocycles. The maximum absolute atomic E-state index is 13.7. The van der Waals surface area contributed by atoms with E-state index in [2.05, 4.69) is 5.32 Å². The Morgan fingerprint density at radius 3 is 2.57 bits per heavy atom. The van der Waals surface area contributed by atoms with Crippen LogP contribution in [0.4, 0.5) is 4.39 Å². The van der Waals surface area contributed by atoms with Gasteiger partial charge in [0.25, 0.3) is 0 Å². The lowest BCUT2D eigenvalue weighted by Crippen LogP contribution is -2.21. The second kappa shape index (κ2) is 6.97. The number of benzene rings is 2. The Bertz CT molecular complexity index is 617. The van der Waals surface area contributed by atoms with Gasteiger partial charge in [-0.1, -0.05) is 36.4 Å². The fourth-order valence-corrected chi connectivity index (χ4v) is 1.98. The van der Waals surface area contributed by atoms with Gasteiger partial charge in [-0.15, -0.1) is 0 Å². The van der Waals surface area contributed by atoms with Crippen LogP contribution in [0.1, 0.15) is 27.6 Å². The molecule has 1 unspecified atom stereocenters. The molecule has 21 heavy (non-hydrogen) atoms. The molecule has 0 saturated carbocycles. The number of rotatable bonds is 6. The largest absolute Gasteiger partial charge is 0.387 e. The number of halogens is 1. The summed E-state index contributed by atoms with van der Waals surface area (Å²) in [5, 5.41) is 13.0. The van der Waals surface area contributed by atoms with E-state index >= 15 is 0 Å². The highest BCUT2D eigenvalue weighted by atomic mass is 19.1. The van der Waals surface area contributed by atoms with Crippen molar-refractivity contribution in [2.45, 2.75) is 12.6 Å². The minimum absolute atomic E-state index is 0.139. The van der Waals surface area contributed by atoms with Gasteiger partial charge in [0.2, 0.25) is 5.91 Å². The van der Waals surface area contributed by atoms with Crippen molar-refractivity contribution in [2.75, 3.05) is 6.54 Å². The van der Waals surface area contributed by atoms with Gasteiger partial charge in [-0.2, -0.15) is 0 Å². The SMILES string of the molecule is NC(=O)c1ccc(CNCC(O)c2ccccc2)c(F)c1. The second-order valence-electron chi connectivity index (χ2n) is 4.73. The fourth-order valence-electron chi connectivity index (χ4n) is 1.98. The monoisotopic (exact) mass is 288 g/mol. The van der Waals surface area contributed by atoms with Gasteiger partial charge in [0, 0.05) is 24.2 Å². The summed E-state index contributed by atoms with van der Waals surface area (Å²) in [6.07, 6.45) is -0.654. The van der Waals surface area contributed by atoms with Gasteiger partial charge >= 0.3 is 0 Å². The lowest BCUT2D eigenvalue weighted by molar-refractivity contribution is 0.1000. The van der Waals surface area contributed by atoms with Crippen molar-refractivity contribution in [3.63, 3.8) is 0 Å². The van der Waals surface area contributed by atoms with Gasteiger partial charge in [-0.25, -0.2) is 4.39 Å². The third kappa shape index (κ3) is 4.11. The van der Waals surface area contributed by atoms with E-state index in [1.807, 2.05) is 30.3 Å². The Balaban J connectivity index is 1.90. The first kappa shape index (κ1) is 15.2. The van der Waals surface area contributed by atoms with Gasteiger partial charge in [0.05, 0.1) is 6.10 Å². The van der Waals surface area contributed by atoms with E-state index in [-0.39, 0.29) is 12.1 Å². The Labute approximate surface area is 122 Å². The predicted molar refractivity (Wildman–Crippen MR) is 78.0 cm³/mol. The predicted octanol–water partition coefficient (Wildman–Crippen LogP) is 1.75. The van der Waals surface area contributed by atoms with E-state index in [4.69, 9.17) is 5.73 Å². The summed E-state index contributed by atoms with van der Waals surface area (Å²) < 4.78 is 13.7. The molecule has 1 amide bonds. The molecule has 0 aliphatic heterocycles. The van der Waals surface area contributed by atoms with E-state index in [1.165, 1.54) is 12.1 Å². The quantitative estimate of drug-likeness (QED) is 0.758. The molecular formula is C16H17FN2O2. The zero-order valence-electron chi connectivity index (χ0n) is 11.4. The number of aliphatic hydroxyl groups excluding tert-OH is 1. The molecular weight excluding hydrogens is 271 g/mol. The van der Waals surface area contributed by atoms with E-state index < -0.39 is 17.8 Å². The topological polar surface area (TPSA) is 75.4 Å². The number of carbonyl (C=O) groups excluding carboxylic acids is 1. The van der Waals surface area contributed by atoms with Gasteiger partial charge in [0.15, 0.2) is 0 Å². The lowest BCUT2D eigenvalue weighted by atomic mass is 10.1. The van der Waals surface area contributed by atoms with Crippen LogP contribution in [0.3, 0.4) is 0 Å². The molecule has 110 valence electrons. The maximum Gasteiger partial charge on any atom is 0.248 e. The van der Waals surface area contributed by atoms with Crippen molar-refractivity contribution in [1.29, 1.82) is 0 Å². The van der Waals surface area contributed by atoms with Gasteiger partial charge in [0.1, 0.15) is 5.82 Å². The maximum atomic E-state index is 13.7. The number of aliphatic hydroxyl groups is 1. The van der Waals surface area contributed by atoms with E-state index in [0.29, 0.717) is 12.1 Å². The summed E-state index contributed by atoms with van der Waals surface area (Å²) in [5.74, 6) is -1.15. The summed E-state index contributed by atoms with van der Waals surface area (Å²) in [7, 11) is 0. The molecule has 5 heteroatoms. The van der Waals surface area contributed by atoms with Crippen LogP contribution in [0.2, 0.25) is 0 Å². The van der Waals surface area contributed by atoms with E-state index in [9.17, 15) is 14.3 Å². The van der Waals surface area contributed by atoms with Crippen molar-refractivity contribution < 1.29 is 14.3 Å². The zero-order chi connectivity index (χ0) is 15.2. The van der Waals surface area contributed by atoms with Crippen LogP contribution in [0.5, 0.6) is 0 Å².